The van der Waals surface area contributed by atoms with Crippen molar-refractivity contribution in [3.8, 4) is 0 Å². The number of hydrogen-bond donors (Lipinski definition) is 0. The van der Waals surface area contributed by atoms with Crippen LogP contribution in [0.15, 0.2) is 41.3 Å². The molecule has 0 radical (unpaired) electrons. The van der Waals surface area contributed by atoms with Crippen LogP contribution in [-0.2, 0) is 16.2 Å². The number of piperazine rings is 1. The van der Waals surface area contributed by atoms with E-state index in [1.165, 1.54) is 4.31 Å². The minimum Gasteiger partial charge on any atom is -0.356 e. The Hall–Kier alpha value is -2.66. The third kappa shape index (κ3) is 4.56. The second kappa shape index (κ2) is 8.60. The lowest BCUT2D eigenvalue weighted by Gasteiger charge is -2.39. The predicted octanol–water partition coefficient (Wildman–Crippen LogP) is 3.15. The zero-order valence-electron chi connectivity index (χ0n) is 18.3. The summed E-state index contributed by atoms with van der Waals surface area (Å²) in [5.74, 6) is 0.630. The number of sulfonamides is 1. The summed E-state index contributed by atoms with van der Waals surface area (Å²) in [5.41, 5.74) is 0.191. The molecular weight excluding hydrogens is 457 g/mol. The molecule has 2 aliphatic heterocycles. The van der Waals surface area contributed by atoms with Gasteiger partial charge in [-0.1, -0.05) is 0 Å². The maximum Gasteiger partial charge on any atom is 0.416 e. The lowest BCUT2D eigenvalue weighted by Crippen LogP contribution is -2.55. The van der Waals surface area contributed by atoms with Crippen molar-refractivity contribution < 1.29 is 26.4 Å². The maximum absolute atomic E-state index is 13.2. The van der Waals surface area contributed by atoms with Crippen molar-refractivity contribution in [3.05, 3.63) is 53.2 Å². The van der Waals surface area contributed by atoms with E-state index in [-0.39, 0.29) is 30.4 Å². The molecule has 4 rings (SSSR count). The summed E-state index contributed by atoms with van der Waals surface area (Å²) in [5, 5.41) is 0. The first-order valence-electron chi connectivity index (χ1n) is 10.7. The topological polar surface area (TPSA) is 73.8 Å². The van der Waals surface area contributed by atoms with Gasteiger partial charge in [-0.3, -0.25) is 4.79 Å². The van der Waals surface area contributed by atoms with Gasteiger partial charge in [-0.25, -0.2) is 13.4 Å². The third-order valence-electron chi connectivity index (χ3n) is 6.15. The molecule has 2 aromatic rings. The zero-order chi connectivity index (χ0) is 24.0. The first-order valence-corrected chi connectivity index (χ1v) is 12.1. The molecule has 0 N–H and O–H groups in total. The summed E-state index contributed by atoms with van der Waals surface area (Å²) in [7, 11) is -3.98. The minimum absolute atomic E-state index is 0.0490. The number of anilines is 1. The van der Waals surface area contributed by atoms with Gasteiger partial charge in [0.25, 0.3) is 5.91 Å². The quantitative estimate of drug-likeness (QED) is 0.670. The Morgan fingerprint density at radius 2 is 1.70 bits per heavy atom. The van der Waals surface area contributed by atoms with E-state index < -0.39 is 27.8 Å². The van der Waals surface area contributed by atoms with Gasteiger partial charge in [0.15, 0.2) is 0 Å². The van der Waals surface area contributed by atoms with E-state index in [2.05, 4.69) is 9.88 Å². The molecule has 7 nitrogen and oxygen atoms in total. The molecule has 3 heterocycles. The molecule has 1 aromatic heterocycles. The number of alkyl halides is 3. The smallest absolute Gasteiger partial charge is 0.356 e. The Morgan fingerprint density at radius 1 is 1.03 bits per heavy atom. The molecule has 2 aliphatic rings. The lowest BCUT2D eigenvalue weighted by atomic mass is 10.1. The Kier molecular flexibility index (Phi) is 6.12. The van der Waals surface area contributed by atoms with Crippen LogP contribution < -0.4 is 4.90 Å². The highest BCUT2D eigenvalue weighted by Gasteiger charge is 2.36. The largest absolute Gasteiger partial charge is 0.416 e. The maximum atomic E-state index is 13.2. The normalized spacial score (nSPS) is 20.0. The van der Waals surface area contributed by atoms with Gasteiger partial charge >= 0.3 is 6.18 Å². The second-order valence-corrected chi connectivity index (χ2v) is 10.3. The summed E-state index contributed by atoms with van der Waals surface area (Å²) in [6.45, 7) is 5.71. The molecule has 1 amide bonds. The van der Waals surface area contributed by atoms with Gasteiger partial charge in [-0.2, -0.15) is 17.5 Å². The number of carbonyl (C=O) groups is 1. The highest BCUT2D eigenvalue weighted by atomic mass is 32.2. The van der Waals surface area contributed by atoms with E-state index in [0.717, 1.165) is 49.6 Å². The fourth-order valence-corrected chi connectivity index (χ4v) is 5.57. The van der Waals surface area contributed by atoms with Gasteiger partial charge in [0.05, 0.1) is 21.7 Å². The summed E-state index contributed by atoms with van der Waals surface area (Å²) in [6, 6.07) is 6.63. The standard InChI is InChI=1S/C22H25F3N4O3S/c1-15-14-28(33(31,32)18-6-4-17(5-7-18)22(23,24)25)12-13-29(15)21(30)19-8-9-20(26-16(19)2)27-10-3-11-27/h4-9,15H,3,10-14H2,1-2H3. The molecular formula is C22H25F3N4O3S. The molecule has 0 saturated carbocycles. The molecule has 178 valence electrons. The number of pyridine rings is 1. The molecule has 2 saturated heterocycles. The van der Waals surface area contributed by atoms with Crippen LogP contribution in [0.2, 0.25) is 0 Å². The van der Waals surface area contributed by atoms with Crippen LogP contribution in [0.1, 0.15) is 35.0 Å². The molecule has 11 heteroatoms. The lowest BCUT2D eigenvalue weighted by molar-refractivity contribution is -0.137. The van der Waals surface area contributed by atoms with Crippen molar-refractivity contribution in [2.45, 2.75) is 37.4 Å². The van der Waals surface area contributed by atoms with Gasteiger partial charge in [0.1, 0.15) is 5.82 Å². The van der Waals surface area contributed by atoms with E-state index in [4.69, 9.17) is 0 Å². The number of carbonyl (C=O) groups excluding carboxylic acids is 1. The number of halogens is 3. The Labute approximate surface area is 190 Å². The number of aryl methyl sites for hydroxylation is 1. The SMILES string of the molecule is Cc1nc(N2CCC2)ccc1C(=O)N1CCN(S(=O)(=O)c2ccc(C(F)(F)F)cc2)CC1C. The van der Waals surface area contributed by atoms with Crippen LogP contribution in [-0.4, -0.2) is 67.3 Å². The number of nitrogens with zero attached hydrogens (tertiary/aromatic N) is 4. The van der Waals surface area contributed by atoms with Crippen LogP contribution in [0.4, 0.5) is 19.0 Å². The van der Waals surface area contributed by atoms with Crippen molar-refractivity contribution in [2.75, 3.05) is 37.6 Å². The van der Waals surface area contributed by atoms with Gasteiger partial charge in [-0.15, -0.1) is 0 Å². The van der Waals surface area contributed by atoms with Crippen molar-refractivity contribution in [1.29, 1.82) is 0 Å². The van der Waals surface area contributed by atoms with Crippen LogP contribution in [0.3, 0.4) is 0 Å². The molecule has 1 atom stereocenters. The Morgan fingerprint density at radius 3 is 2.21 bits per heavy atom. The van der Waals surface area contributed by atoms with Crippen LogP contribution in [0.25, 0.3) is 0 Å². The molecule has 33 heavy (non-hydrogen) atoms. The van der Waals surface area contributed by atoms with Gasteiger partial charge in [-0.05, 0) is 56.7 Å². The number of benzene rings is 1. The van der Waals surface area contributed by atoms with E-state index in [0.29, 0.717) is 11.3 Å². The van der Waals surface area contributed by atoms with Crippen LogP contribution >= 0.6 is 0 Å². The van der Waals surface area contributed by atoms with Gasteiger partial charge < -0.3 is 9.80 Å². The summed E-state index contributed by atoms with van der Waals surface area (Å²) in [4.78, 5) is 21.2. The molecule has 0 bridgehead atoms. The van der Waals surface area contributed by atoms with Gasteiger partial charge in [0, 0.05) is 38.8 Å². The highest BCUT2D eigenvalue weighted by molar-refractivity contribution is 7.89. The summed E-state index contributed by atoms with van der Waals surface area (Å²) in [6.07, 6.45) is -3.41. The van der Waals surface area contributed by atoms with E-state index in [9.17, 15) is 26.4 Å². The average molecular weight is 483 g/mol. The van der Waals surface area contributed by atoms with Crippen LogP contribution in [0, 0.1) is 6.92 Å². The summed E-state index contributed by atoms with van der Waals surface area (Å²) < 4.78 is 65.5. The van der Waals surface area contributed by atoms with Crippen LogP contribution in [0.5, 0.6) is 0 Å². The third-order valence-corrected chi connectivity index (χ3v) is 8.03. The molecule has 0 aliphatic carbocycles. The van der Waals surface area contributed by atoms with Crippen molar-refractivity contribution in [3.63, 3.8) is 0 Å². The molecule has 2 fully saturated rings. The zero-order valence-corrected chi connectivity index (χ0v) is 19.2. The number of amides is 1. The highest BCUT2D eigenvalue weighted by Crippen LogP contribution is 2.31. The number of hydrogen-bond acceptors (Lipinski definition) is 5. The monoisotopic (exact) mass is 482 g/mol. The first kappa shape index (κ1) is 23.5. The predicted molar refractivity (Wildman–Crippen MR) is 117 cm³/mol. The van der Waals surface area contributed by atoms with Crippen molar-refractivity contribution in [2.24, 2.45) is 0 Å². The van der Waals surface area contributed by atoms with E-state index in [1.807, 2.05) is 6.07 Å². The van der Waals surface area contributed by atoms with E-state index >= 15 is 0 Å². The molecule has 1 unspecified atom stereocenters. The van der Waals surface area contributed by atoms with E-state index in [1.54, 1.807) is 24.8 Å². The number of aromatic nitrogens is 1. The Bertz CT molecular complexity index is 1150. The fraction of sp³-hybridized carbons (Fsp3) is 0.455. The Balaban J connectivity index is 1.46. The number of rotatable bonds is 4. The summed E-state index contributed by atoms with van der Waals surface area (Å²) >= 11 is 0. The second-order valence-electron chi connectivity index (χ2n) is 8.38. The average Bonchev–Trinajstić information content (AvgIpc) is 2.71. The van der Waals surface area contributed by atoms with Gasteiger partial charge in [0.2, 0.25) is 10.0 Å². The molecule has 1 aromatic carbocycles. The first-order chi connectivity index (χ1) is 15.5. The fourth-order valence-electron chi connectivity index (χ4n) is 4.06. The van der Waals surface area contributed by atoms with Crippen molar-refractivity contribution in [1.82, 2.24) is 14.2 Å². The molecule has 0 spiro atoms. The minimum atomic E-state index is -4.54. The van der Waals surface area contributed by atoms with Crippen molar-refractivity contribution >= 4 is 21.7 Å².